The molecule has 0 aliphatic carbocycles. The maximum absolute atomic E-state index is 13.1. The molecule has 9 heteroatoms. The fourth-order valence-electron chi connectivity index (χ4n) is 4.44. The van der Waals surface area contributed by atoms with Crippen LogP contribution >= 0.6 is 24.0 Å². The van der Waals surface area contributed by atoms with Gasteiger partial charge in [-0.1, -0.05) is 36.1 Å². The number of thioether (sulfide) groups is 1. The van der Waals surface area contributed by atoms with Crippen molar-refractivity contribution in [3.63, 3.8) is 0 Å². The van der Waals surface area contributed by atoms with Crippen LogP contribution in [0.4, 0.5) is 0 Å². The molecule has 1 N–H and O–H groups in total. The number of nitrogens with zero attached hydrogens (tertiary/aromatic N) is 2. The number of hydrogen-bond acceptors (Lipinski definition) is 6. The van der Waals surface area contributed by atoms with Gasteiger partial charge in [0.15, 0.2) is 0 Å². The van der Waals surface area contributed by atoms with Crippen LogP contribution in [0.3, 0.4) is 0 Å². The number of benzene rings is 3. The minimum absolute atomic E-state index is 0.126. The zero-order valence-electron chi connectivity index (χ0n) is 21.4. The zero-order chi connectivity index (χ0) is 27.5. The second-order valence-corrected chi connectivity index (χ2v) is 10.7. The summed E-state index contributed by atoms with van der Waals surface area (Å²) in [5.74, 6) is 0.224. The van der Waals surface area contributed by atoms with Crippen LogP contribution in [0.2, 0.25) is 0 Å². The van der Waals surface area contributed by atoms with E-state index in [4.69, 9.17) is 26.8 Å². The minimum Gasteiger partial charge on any atom is -0.496 e. The summed E-state index contributed by atoms with van der Waals surface area (Å²) in [5.41, 5.74) is 4.21. The molecule has 0 saturated carbocycles. The van der Waals surface area contributed by atoms with Crippen molar-refractivity contribution >= 4 is 57.2 Å². The van der Waals surface area contributed by atoms with E-state index in [1.54, 1.807) is 24.1 Å². The lowest BCUT2D eigenvalue weighted by atomic mass is 10.00. The molecule has 1 amide bonds. The smallest absolute Gasteiger partial charge is 0.335 e. The Balaban J connectivity index is 1.27. The predicted molar refractivity (Wildman–Crippen MR) is 158 cm³/mol. The average Bonchev–Trinajstić information content (AvgIpc) is 3.44. The first-order chi connectivity index (χ1) is 18.8. The number of methoxy groups -OCH3 is 1. The number of carbonyl (C=O) groups excluding carboxylic acids is 1. The van der Waals surface area contributed by atoms with Gasteiger partial charge in [-0.3, -0.25) is 9.69 Å². The molecule has 0 bridgehead atoms. The molecular formula is C30H26N2O5S2. The van der Waals surface area contributed by atoms with Crippen LogP contribution in [-0.4, -0.2) is 51.0 Å². The average molecular weight is 559 g/mol. The van der Waals surface area contributed by atoms with Crippen molar-refractivity contribution in [3.8, 4) is 22.6 Å². The highest BCUT2D eigenvalue weighted by Gasteiger charge is 2.31. The molecule has 7 nitrogen and oxygen atoms in total. The van der Waals surface area contributed by atoms with Gasteiger partial charge in [0.1, 0.15) is 15.8 Å². The zero-order valence-corrected chi connectivity index (χ0v) is 23.1. The highest BCUT2D eigenvalue weighted by molar-refractivity contribution is 8.26. The van der Waals surface area contributed by atoms with Crippen molar-refractivity contribution < 1.29 is 24.2 Å². The predicted octanol–water partition coefficient (Wildman–Crippen LogP) is 6.22. The summed E-state index contributed by atoms with van der Waals surface area (Å²) in [6, 6.07) is 20.5. The number of amides is 1. The lowest BCUT2D eigenvalue weighted by Gasteiger charge is -2.14. The van der Waals surface area contributed by atoms with E-state index in [0.717, 1.165) is 33.3 Å². The van der Waals surface area contributed by atoms with Crippen molar-refractivity contribution in [2.45, 2.75) is 6.42 Å². The van der Waals surface area contributed by atoms with Gasteiger partial charge < -0.3 is 19.1 Å². The molecule has 0 unspecified atom stereocenters. The summed E-state index contributed by atoms with van der Waals surface area (Å²) >= 11 is 6.78. The molecule has 1 aliphatic heterocycles. The highest BCUT2D eigenvalue weighted by atomic mass is 32.2. The summed E-state index contributed by atoms with van der Waals surface area (Å²) < 4.78 is 13.9. The molecule has 198 valence electrons. The molecule has 5 rings (SSSR count). The first kappa shape index (κ1) is 26.5. The third kappa shape index (κ3) is 5.69. The molecule has 0 atom stereocenters. The number of fused-ring (bicyclic) bond motifs is 1. The summed E-state index contributed by atoms with van der Waals surface area (Å²) in [7, 11) is 3.67. The SMILES string of the molecule is COc1ccc(C=C2SC(=S)N(CCCOc3ccc(C(=O)O)cc3)C2=O)cc1-c1ccc2c(ccn2C)c1. The lowest BCUT2D eigenvalue weighted by Crippen LogP contribution is -2.29. The topological polar surface area (TPSA) is 81.0 Å². The number of ether oxygens (including phenoxy) is 2. The normalized spacial score (nSPS) is 14.4. The highest BCUT2D eigenvalue weighted by Crippen LogP contribution is 2.36. The monoisotopic (exact) mass is 558 g/mol. The Hall–Kier alpha value is -4.08. The minimum atomic E-state index is -0.983. The molecule has 0 spiro atoms. The number of hydrogen-bond donors (Lipinski definition) is 1. The maximum atomic E-state index is 13.1. The van der Waals surface area contributed by atoms with Gasteiger partial charge in [0.05, 0.1) is 24.2 Å². The molecule has 1 fully saturated rings. The third-order valence-electron chi connectivity index (χ3n) is 6.49. The first-order valence-electron chi connectivity index (χ1n) is 12.3. The molecule has 3 aromatic carbocycles. The summed E-state index contributed by atoms with van der Waals surface area (Å²) in [5, 5.41) is 10.1. The van der Waals surface area contributed by atoms with E-state index in [2.05, 4.69) is 28.8 Å². The number of aromatic carboxylic acids is 1. The van der Waals surface area contributed by atoms with Gasteiger partial charge in [0.25, 0.3) is 5.91 Å². The van der Waals surface area contributed by atoms with Crippen molar-refractivity contribution in [1.29, 1.82) is 0 Å². The summed E-state index contributed by atoms with van der Waals surface area (Å²) in [4.78, 5) is 26.3. The van der Waals surface area contributed by atoms with Crippen LogP contribution in [-0.2, 0) is 11.8 Å². The van der Waals surface area contributed by atoms with Crippen LogP contribution in [0.1, 0.15) is 22.3 Å². The number of aromatic nitrogens is 1. The second kappa shape index (κ2) is 11.3. The van der Waals surface area contributed by atoms with Crippen molar-refractivity contribution in [2.75, 3.05) is 20.3 Å². The van der Waals surface area contributed by atoms with Gasteiger partial charge in [-0.15, -0.1) is 0 Å². The van der Waals surface area contributed by atoms with Gasteiger partial charge in [-0.2, -0.15) is 0 Å². The molecule has 0 radical (unpaired) electrons. The van der Waals surface area contributed by atoms with Crippen molar-refractivity contribution in [3.05, 3.63) is 89.0 Å². The van der Waals surface area contributed by atoms with E-state index in [-0.39, 0.29) is 11.5 Å². The Morgan fingerprint density at radius 3 is 2.62 bits per heavy atom. The fourth-order valence-corrected chi connectivity index (χ4v) is 5.75. The number of rotatable bonds is 9. The molecule has 1 saturated heterocycles. The molecule has 1 aromatic heterocycles. The summed E-state index contributed by atoms with van der Waals surface area (Å²) in [6.45, 7) is 0.802. The molecule has 39 heavy (non-hydrogen) atoms. The Labute approximate surface area is 235 Å². The lowest BCUT2D eigenvalue weighted by molar-refractivity contribution is -0.122. The van der Waals surface area contributed by atoms with Gasteiger partial charge >= 0.3 is 5.97 Å². The fraction of sp³-hybridized carbons (Fsp3) is 0.167. The van der Waals surface area contributed by atoms with Gasteiger partial charge in [-0.05, 0) is 78.2 Å². The Morgan fingerprint density at radius 1 is 1.08 bits per heavy atom. The first-order valence-corrected chi connectivity index (χ1v) is 13.5. The molecule has 4 aromatic rings. The van der Waals surface area contributed by atoms with E-state index in [0.29, 0.717) is 34.5 Å². The van der Waals surface area contributed by atoms with E-state index < -0.39 is 5.97 Å². The quantitative estimate of drug-likeness (QED) is 0.148. The summed E-state index contributed by atoms with van der Waals surface area (Å²) in [6.07, 6.45) is 4.48. The third-order valence-corrected chi connectivity index (χ3v) is 7.86. The van der Waals surface area contributed by atoms with E-state index in [1.165, 1.54) is 23.9 Å². The van der Waals surface area contributed by atoms with E-state index in [1.807, 2.05) is 37.5 Å². The number of carboxylic acid groups (broad SMARTS) is 1. The largest absolute Gasteiger partial charge is 0.496 e. The second-order valence-electron chi connectivity index (χ2n) is 9.02. The van der Waals surface area contributed by atoms with Gasteiger partial charge in [0.2, 0.25) is 0 Å². The number of carboxylic acids is 1. The Bertz CT molecular complexity index is 1610. The number of carbonyl (C=O) groups is 2. The molecule has 2 heterocycles. The molecular weight excluding hydrogens is 532 g/mol. The van der Waals surface area contributed by atoms with E-state index >= 15 is 0 Å². The Kier molecular flexibility index (Phi) is 7.72. The number of thiocarbonyl (C=S) groups is 1. The molecule has 1 aliphatic rings. The van der Waals surface area contributed by atoms with Crippen molar-refractivity contribution in [1.82, 2.24) is 9.47 Å². The van der Waals surface area contributed by atoms with Crippen LogP contribution in [0.15, 0.2) is 77.8 Å². The van der Waals surface area contributed by atoms with Gasteiger partial charge in [-0.25, -0.2) is 4.79 Å². The van der Waals surface area contributed by atoms with Crippen molar-refractivity contribution in [2.24, 2.45) is 7.05 Å². The number of aryl methyl sites for hydroxylation is 1. The standard InChI is InChI=1S/C30H26N2O5S2/c1-31-14-12-22-18-21(7-10-25(22)31)24-16-19(4-11-26(24)36-2)17-27-28(33)32(30(38)39-27)13-3-15-37-23-8-5-20(6-9-23)29(34)35/h4-12,14,16-18H,3,13,15H2,1-2H3,(H,34,35). The maximum Gasteiger partial charge on any atom is 0.335 e. The van der Waals surface area contributed by atoms with Gasteiger partial charge in [0, 0.05) is 36.3 Å². The van der Waals surface area contributed by atoms with Crippen LogP contribution in [0.25, 0.3) is 28.1 Å². The Morgan fingerprint density at radius 2 is 1.87 bits per heavy atom. The van der Waals surface area contributed by atoms with Crippen LogP contribution in [0.5, 0.6) is 11.5 Å². The van der Waals surface area contributed by atoms with Crippen LogP contribution in [0, 0.1) is 0 Å². The van der Waals surface area contributed by atoms with Crippen LogP contribution < -0.4 is 9.47 Å². The van der Waals surface area contributed by atoms with E-state index in [9.17, 15) is 9.59 Å².